The third-order valence-electron chi connectivity index (χ3n) is 3.33. The molecule has 0 spiro atoms. The summed E-state index contributed by atoms with van der Waals surface area (Å²) in [5.74, 6) is 0.230. The number of benzene rings is 2. The molecule has 0 aliphatic heterocycles. The molecule has 0 unspecified atom stereocenters. The van der Waals surface area contributed by atoms with E-state index in [1.807, 2.05) is 30.3 Å². The van der Waals surface area contributed by atoms with Crippen molar-refractivity contribution in [3.63, 3.8) is 0 Å². The highest BCUT2D eigenvalue weighted by Gasteiger charge is 2.11. The molecule has 0 radical (unpaired) electrons. The molecule has 1 aromatic heterocycles. The van der Waals surface area contributed by atoms with E-state index < -0.39 is 0 Å². The van der Waals surface area contributed by atoms with Crippen LogP contribution in [0.5, 0.6) is 0 Å². The molecule has 21 heavy (non-hydrogen) atoms. The van der Waals surface area contributed by atoms with Crippen molar-refractivity contribution in [1.82, 2.24) is 14.8 Å². The summed E-state index contributed by atoms with van der Waals surface area (Å²) < 4.78 is 15.2. The lowest BCUT2D eigenvalue weighted by Crippen LogP contribution is -2.20. The van der Waals surface area contributed by atoms with E-state index >= 15 is 0 Å². The first-order valence-corrected chi connectivity index (χ1v) is 6.65. The van der Waals surface area contributed by atoms with Gasteiger partial charge in [-0.2, -0.15) is 5.10 Å². The summed E-state index contributed by atoms with van der Waals surface area (Å²) in [6.45, 7) is 0.417. The number of H-pyrrole nitrogens is 1. The van der Waals surface area contributed by atoms with E-state index in [0.717, 1.165) is 5.56 Å². The quantitative estimate of drug-likeness (QED) is 0.799. The van der Waals surface area contributed by atoms with Gasteiger partial charge in [-0.15, -0.1) is 0 Å². The average Bonchev–Trinajstić information content (AvgIpc) is 2.84. The smallest absolute Gasteiger partial charge is 0.274 e. The third kappa shape index (κ3) is 2.91. The predicted octanol–water partition coefficient (Wildman–Crippen LogP) is 2.35. The Kier molecular flexibility index (Phi) is 3.64. The van der Waals surface area contributed by atoms with Crippen LogP contribution < -0.4 is 5.69 Å². The Bertz CT molecular complexity index is 793. The lowest BCUT2D eigenvalue weighted by Gasteiger charge is -2.06. The van der Waals surface area contributed by atoms with Crippen molar-refractivity contribution >= 4 is 0 Å². The fraction of sp³-hybridized carbons (Fsp3) is 0.125. The van der Waals surface area contributed by atoms with E-state index in [2.05, 4.69) is 10.2 Å². The first-order valence-electron chi connectivity index (χ1n) is 6.65. The average molecular weight is 283 g/mol. The van der Waals surface area contributed by atoms with Gasteiger partial charge in [0.05, 0.1) is 6.54 Å². The Balaban J connectivity index is 1.91. The van der Waals surface area contributed by atoms with Crippen LogP contribution in [0.25, 0.3) is 0 Å². The van der Waals surface area contributed by atoms with Crippen LogP contribution in [0.3, 0.4) is 0 Å². The molecule has 4 nitrogen and oxygen atoms in total. The number of halogens is 1. The van der Waals surface area contributed by atoms with E-state index in [4.69, 9.17) is 0 Å². The van der Waals surface area contributed by atoms with Crippen molar-refractivity contribution in [3.8, 4) is 0 Å². The Hall–Kier alpha value is -2.69. The van der Waals surface area contributed by atoms with E-state index in [-0.39, 0.29) is 17.9 Å². The molecule has 3 rings (SSSR count). The van der Waals surface area contributed by atoms with Crippen LogP contribution in [0.4, 0.5) is 4.39 Å². The van der Waals surface area contributed by atoms with Crippen molar-refractivity contribution in [1.29, 1.82) is 0 Å². The maximum atomic E-state index is 13.7. The molecule has 3 aromatic rings. The highest BCUT2D eigenvalue weighted by molar-refractivity contribution is 5.22. The van der Waals surface area contributed by atoms with Crippen LogP contribution in [-0.2, 0) is 13.0 Å². The van der Waals surface area contributed by atoms with Crippen molar-refractivity contribution in [3.05, 3.63) is 87.9 Å². The second-order valence-electron chi connectivity index (χ2n) is 4.78. The molecule has 106 valence electrons. The molecular weight excluding hydrogens is 269 g/mol. The number of hydrogen-bond acceptors (Lipinski definition) is 2. The molecule has 0 saturated carbocycles. The summed E-state index contributed by atoms with van der Waals surface area (Å²) in [6.07, 6.45) is 0.276. The molecule has 5 heteroatoms. The molecule has 0 atom stereocenters. The molecule has 0 aliphatic carbocycles. The standard InChI is InChI=1S/C16H14FN3O/c17-14-9-5-4-8-13(14)10-15-18-19-16(21)20(15)11-12-6-2-1-3-7-12/h1-9H,10-11H2,(H,19,21). The maximum Gasteiger partial charge on any atom is 0.343 e. The topological polar surface area (TPSA) is 50.7 Å². The van der Waals surface area contributed by atoms with Crippen molar-refractivity contribution in [2.24, 2.45) is 0 Å². The van der Waals surface area contributed by atoms with E-state index in [1.165, 1.54) is 10.6 Å². The fourth-order valence-electron chi connectivity index (χ4n) is 2.23. The summed E-state index contributed by atoms with van der Waals surface area (Å²) in [7, 11) is 0. The molecule has 0 bridgehead atoms. The fourth-order valence-corrected chi connectivity index (χ4v) is 2.23. The minimum absolute atomic E-state index is 0.276. The van der Waals surface area contributed by atoms with Gasteiger partial charge in [-0.1, -0.05) is 48.5 Å². The minimum Gasteiger partial charge on any atom is -0.274 e. The Morgan fingerprint density at radius 3 is 2.52 bits per heavy atom. The van der Waals surface area contributed by atoms with Gasteiger partial charge in [-0.05, 0) is 17.2 Å². The van der Waals surface area contributed by atoms with E-state index in [1.54, 1.807) is 18.2 Å². The predicted molar refractivity (Wildman–Crippen MR) is 77.6 cm³/mol. The molecule has 1 heterocycles. The van der Waals surface area contributed by atoms with Gasteiger partial charge in [-0.25, -0.2) is 14.3 Å². The summed E-state index contributed by atoms with van der Waals surface area (Å²) >= 11 is 0. The zero-order valence-corrected chi connectivity index (χ0v) is 11.3. The first kappa shape index (κ1) is 13.3. The minimum atomic E-state index is -0.292. The second-order valence-corrected chi connectivity index (χ2v) is 4.78. The summed E-state index contributed by atoms with van der Waals surface area (Å²) in [6, 6.07) is 16.1. The lowest BCUT2D eigenvalue weighted by atomic mass is 10.1. The zero-order chi connectivity index (χ0) is 14.7. The van der Waals surface area contributed by atoms with Gasteiger partial charge in [0.2, 0.25) is 0 Å². The molecule has 1 N–H and O–H groups in total. The van der Waals surface area contributed by atoms with Crippen LogP contribution in [-0.4, -0.2) is 14.8 Å². The van der Waals surface area contributed by atoms with Gasteiger partial charge in [0, 0.05) is 6.42 Å². The molecule has 0 aliphatic rings. The Morgan fingerprint density at radius 2 is 1.76 bits per heavy atom. The molecule has 0 fully saturated rings. The summed E-state index contributed by atoms with van der Waals surface area (Å²) in [5, 5.41) is 6.44. The van der Waals surface area contributed by atoms with Crippen molar-refractivity contribution < 1.29 is 4.39 Å². The SMILES string of the molecule is O=c1[nH]nc(Cc2ccccc2F)n1Cc1ccccc1. The molecule has 0 saturated heterocycles. The largest absolute Gasteiger partial charge is 0.343 e. The Morgan fingerprint density at radius 1 is 1.05 bits per heavy atom. The van der Waals surface area contributed by atoms with Gasteiger partial charge < -0.3 is 0 Å². The second kappa shape index (κ2) is 5.75. The number of rotatable bonds is 4. The highest BCUT2D eigenvalue weighted by Crippen LogP contribution is 2.11. The normalized spacial score (nSPS) is 10.7. The van der Waals surface area contributed by atoms with Gasteiger partial charge in [0.15, 0.2) is 0 Å². The van der Waals surface area contributed by atoms with Gasteiger partial charge >= 0.3 is 5.69 Å². The van der Waals surface area contributed by atoms with Gasteiger partial charge in [-0.3, -0.25) is 4.57 Å². The van der Waals surface area contributed by atoms with Crippen molar-refractivity contribution in [2.45, 2.75) is 13.0 Å². The molecule has 0 amide bonds. The highest BCUT2D eigenvalue weighted by atomic mass is 19.1. The maximum absolute atomic E-state index is 13.7. The van der Waals surface area contributed by atoms with Crippen LogP contribution in [0.1, 0.15) is 17.0 Å². The van der Waals surface area contributed by atoms with Crippen molar-refractivity contribution in [2.75, 3.05) is 0 Å². The Labute approximate surface area is 120 Å². The third-order valence-corrected chi connectivity index (χ3v) is 3.33. The van der Waals surface area contributed by atoms with Crippen LogP contribution in [0.2, 0.25) is 0 Å². The van der Waals surface area contributed by atoms with Crippen LogP contribution >= 0.6 is 0 Å². The summed E-state index contributed by atoms with van der Waals surface area (Å²) in [5.41, 5.74) is 1.23. The van der Waals surface area contributed by atoms with Gasteiger partial charge in [0.25, 0.3) is 0 Å². The lowest BCUT2D eigenvalue weighted by molar-refractivity contribution is 0.608. The zero-order valence-electron chi connectivity index (χ0n) is 11.3. The van der Waals surface area contributed by atoms with Crippen LogP contribution in [0, 0.1) is 5.82 Å². The number of nitrogens with one attached hydrogen (secondary N) is 1. The first-order chi connectivity index (χ1) is 10.2. The number of aromatic amines is 1. The van der Waals surface area contributed by atoms with E-state index in [9.17, 15) is 9.18 Å². The molecular formula is C16H14FN3O. The molecule has 2 aromatic carbocycles. The number of hydrogen-bond donors (Lipinski definition) is 1. The van der Waals surface area contributed by atoms with Gasteiger partial charge in [0.1, 0.15) is 11.6 Å². The van der Waals surface area contributed by atoms with E-state index in [0.29, 0.717) is 17.9 Å². The number of nitrogens with zero attached hydrogens (tertiary/aromatic N) is 2. The number of aromatic nitrogens is 3. The van der Waals surface area contributed by atoms with Crippen LogP contribution in [0.15, 0.2) is 59.4 Å². The monoisotopic (exact) mass is 283 g/mol. The summed E-state index contributed by atoms with van der Waals surface area (Å²) in [4.78, 5) is 11.9.